The molecule has 1 fully saturated rings. The quantitative estimate of drug-likeness (QED) is 0.891. The van der Waals surface area contributed by atoms with Gasteiger partial charge in [-0.3, -0.25) is 4.79 Å². The molecule has 0 radical (unpaired) electrons. The third-order valence-corrected chi connectivity index (χ3v) is 4.43. The van der Waals surface area contributed by atoms with E-state index < -0.39 is 16.1 Å². The van der Waals surface area contributed by atoms with Crippen LogP contribution in [0.3, 0.4) is 0 Å². The molecule has 1 N–H and O–H groups in total. The predicted molar refractivity (Wildman–Crippen MR) is 68.4 cm³/mol. The lowest BCUT2D eigenvalue weighted by Crippen LogP contribution is -2.42. The summed E-state index contributed by atoms with van der Waals surface area (Å²) in [6.45, 7) is 2.87. The van der Waals surface area contributed by atoms with Crippen LogP contribution in [0, 0.1) is 6.92 Å². The molecule has 1 saturated heterocycles. The maximum Gasteiger partial charge on any atom is 0.304 e. The zero-order valence-corrected chi connectivity index (χ0v) is 11.0. The highest BCUT2D eigenvalue weighted by Gasteiger charge is 2.27. The molecule has 1 heterocycles. The molecule has 1 aliphatic heterocycles. The van der Waals surface area contributed by atoms with Crippen LogP contribution in [0.25, 0.3) is 0 Å². The molecular formula is C12H16N2O3S. The summed E-state index contributed by atoms with van der Waals surface area (Å²) in [4.78, 5) is 11.8. The summed E-state index contributed by atoms with van der Waals surface area (Å²) in [6, 6.07) is 6.78. The Kier molecular flexibility index (Phi) is 3.68. The SMILES string of the molecule is Cc1ccc(C(=O)NS(=O)(=O)N2CCCC2)cc1. The summed E-state index contributed by atoms with van der Waals surface area (Å²) in [5.41, 5.74) is 1.37. The second kappa shape index (κ2) is 5.07. The van der Waals surface area contributed by atoms with E-state index in [0.717, 1.165) is 18.4 Å². The van der Waals surface area contributed by atoms with Crippen molar-refractivity contribution in [3.8, 4) is 0 Å². The summed E-state index contributed by atoms with van der Waals surface area (Å²) < 4.78 is 27.2. The summed E-state index contributed by atoms with van der Waals surface area (Å²) in [5.74, 6) is -0.582. The Hall–Kier alpha value is -1.40. The predicted octanol–water partition coefficient (Wildman–Crippen LogP) is 1.07. The molecule has 1 amide bonds. The molecule has 1 aromatic rings. The molecule has 1 aliphatic rings. The number of nitrogens with zero attached hydrogens (tertiary/aromatic N) is 1. The van der Waals surface area contributed by atoms with Crippen molar-refractivity contribution >= 4 is 16.1 Å². The lowest BCUT2D eigenvalue weighted by molar-refractivity contribution is 0.0979. The molecule has 0 aliphatic carbocycles. The number of rotatable bonds is 3. The van der Waals surface area contributed by atoms with Crippen molar-refractivity contribution in [3.63, 3.8) is 0 Å². The van der Waals surface area contributed by atoms with Gasteiger partial charge in [0.15, 0.2) is 0 Å². The average Bonchev–Trinajstić information content (AvgIpc) is 2.83. The van der Waals surface area contributed by atoms with Gasteiger partial charge in [-0.1, -0.05) is 17.7 Å². The Labute approximate surface area is 107 Å². The Morgan fingerprint density at radius 3 is 2.28 bits per heavy atom. The van der Waals surface area contributed by atoms with Gasteiger partial charge in [0.1, 0.15) is 0 Å². The van der Waals surface area contributed by atoms with E-state index in [4.69, 9.17) is 0 Å². The first-order chi connectivity index (χ1) is 8.49. The molecular weight excluding hydrogens is 252 g/mol. The van der Waals surface area contributed by atoms with Crippen LogP contribution in [-0.2, 0) is 10.2 Å². The standard InChI is InChI=1S/C12H16N2O3S/c1-10-4-6-11(7-5-10)12(15)13-18(16,17)14-8-2-3-9-14/h4-7H,2-3,8-9H2,1H3,(H,13,15). The Morgan fingerprint density at radius 1 is 1.17 bits per heavy atom. The molecule has 0 bridgehead atoms. The highest BCUT2D eigenvalue weighted by molar-refractivity contribution is 7.87. The van der Waals surface area contributed by atoms with E-state index in [1.54, 1.807) is 24.3 Å². The van der Waals surface area contributed by atoms with Crippen molar-refractivity contribution in [2.45, 2.75) is 19.8 Å². The average molecular weight is 268 g/mol. The number of aryl methyl sites for hydroxylation is 1. The Morgan fingerprint density at radius 2 is 1.72 bits per heavy atom. The van der Waals surface area contributed by atoms with Gasteiger partial charge in [0.2, 0.25) is 0 Å². The van der Waals surface area contributed by atoms with Gasteiger partial charge in [-0.05, 0) is 31.9 Å². The number of benzene rings is 1. The van der Waals surface area contributed by atoms with Crippen LogP contribution in [0.2, 0.25) is 0 Å². The molecule has 2 rings (SSSR count). The molecule has 6 heteroatoms. The third kappa shape index (κ3) is 2.88. The van der Waals surface area contributed by atoms with Gasteiger partial charge in [0.05, 0.1) is 0 Å². The molecule has 0 saturated carbocycles. The zero-order valence-electron chi connectivity index (χ0n) is 10.2. The van der Waals surface area contributed by atoms with E-state index >= 15 is 0 Å². The summed E-state index contributed by atoms with van der Waals surface area (Å²) in [6.07, 6.45) is 1.69. The van der Waals surface area contributed by atoms with E-state index in [9.17, 15) is 13.2 Å². The molecule has 5 nitrogen and oxygen atoms in total. The third-order valence-electron chi connectivity index (χ3n) is 2.94. The minimum absolute atomic E-state index is 0.350. The fraction of sp³-hybridized carbons (Fsp3) is 0.417. The van der Waals surface area contributed by atoms with Crippen LogP contribution >= 0.6 is 0 Å². The highest BCUT2D eigenvalue weighted by atomic mass is 32.2. The first kappa shape index (κ1) is 13.0. The maximum atomic E-state index is 11.9. The summed E-state index contributed by atoms with van der Waals surface area (Å²) in [5, 5.41) is 0. The maximum absolute atomic E-state index is 11.9. The fourth-order valence-electron chi connectivity index (χ4n) is 1.87. The molecule has 0 atom stereocenters. The van der Waals surface area contributed by atoms with Crippen LogP contribution in [0.15, 0.2) is 24.3 Å². The molecule has 1 aromatic carbocycles. The minimum atomic E-state index is -3.68. The lowest BCUT2D eigenvalue weighted by atomic mass is 10.1. The van der Waals surface area contributed by atoms with Crippen molar-refractivity contribution < 1.29 is 13.2 Å². The number of amides is 1. The summed E-state index contributed by atoms with van der Waals surface area (Å²) in [7, 11) is -3.68. The Bertz CT molecular complexity index is 531. The van der Waals surface area contributed by atoms with Crippen molar-refractivity contribution in [2.75, 3.05) is 13.1 Å². The Balaban J connectivity index is 2.09. The van der Waals surface area contributed by atoms with Gasteiger partial charge in [0, 0.05) is 18.7 Å². The van der Waals surface area contributed by atoms with Crippen molar-refractivity contribution in [1.82, 2.24) is 9.03 Å². The van der Waals surface area contributed by atoms with Gasteiger partial charge >= 0.3 is 10.2 Å². The number of hydrogen-bond acceptors (Lipinski definition) is 3. The minimum Gasteiger partial charge on any atom is -0.268 e. The van der Waals surface area contributed by atoms with Crippen LogP contribution in [0.1, 0.15) is 28.8 Å². The highest BCUT2D eigenvalue weighted by Crippen LogP contribution is 2.12. The summed E-state index contributed by atoms with van der Waals surface area (Å²) >= 11 is 0. The van der Waals surface area contributed by atoms with Gasteiger partial charge in [-0.25, -0.2) is 4.72 Å². The smallest absolute Gasteiger partial charge is 0.268 e. The van der Waals surface area contributed by atoms with E-state index in [0.29, 0.717) is 18.7 Å². The molecule has 0 aromatic heterocycles. The first-order valence-electron chi connectivity index (χ1n) is 5.88. The van der Waals surface area contributed by atoms with Crippen LogP contribution in [-0.4, -0.2) is 31.7 Å². The topological polar surface area (TPSA) is 66.5 Å². The number of carbonyl (C=O) groups is 1. The molecule has 0 unspecified atom stereocenters. The van der Waals surface area contributed by atoms with Crippen LogP contribution in [0.5, 0.6) is 0 Å². The first-order valence-corrected chi connectivity index (χ1v) is 7.32. The second-order valence-electron chi connectivity index (χ2n) is 4.41. The van der Waals surface area contributed by atoms with Crippen LogP contribution < -0.4 is 4.72 Å². The normalized spacial score (nSPS) is 16.7. The molecule has 98 valence electrons. The van der Waals surface area contributed by atoms with Gasteiger partial charge < -0.3 is 0 Å². The van der Waals surface area contributed by atoms with E-state index in [-0.39, 0.29) is 0 Å². The monoisotopic (exact) mass is 268 g/mol. The zero-order chi connectivity index (χ0) is 13.2. The van der Waals surface area contributed by atoms with Crippen molar-refractivity contribution in [1.29, 1.82) is 0 Å². The van der Waals surface area contributed by atoms with E-state index in [1.807, 2.05) is 6.92 Å². The largest absolute Gasteiger partial charge is 0.304 e. The van der Waals surface area contributed by atoms with Gasteiger partial charge in [-0.2, -0.15) is 12.7 Å². The number of nitrogens with one attached hydrogen (secondary N) is 1. The van der Waals surface area contributed by atoms with E-state index in [1.165, 1.54) is 4.31 Å². The second-order valence-corrected chi connectivity index (χ2v) is 6.08. The fourth-order valence-corrected chi connectivity index (χ4v) is 3.09. The van der Waals surface area contributed by atoms with E-state index in [2.05, 4.69) is 4.72 Å². The molecule has 0 spiro atoms. The van der Waals surface area contributed by atoms with Gasteiger partial charge in [0.25, 0.3) is 5.91 Å². The van der Waals surface area contributed by atoms with Crippen molar-refractivity contribution in [2.24, 2.45) is 0 Å². The molecule has 18 heavy (non-hydrogen) atoms. The van der Waals surface area contributed by atoms with Crippen molar-refractivity contribution in [3.05, 3.63) is 35.4 Å². The van der Waals surface area contributed by atoms with Gasteiger partial charge in [-0.15, -0.1) is 0 Å². The number of carbonyl (C=O) groups excluding carboxylic acids is 1. The number of hydrogen-bond donors (Lipinski definition) is 1. The lowest BCUT2D eigenvalue weighted by Gasteiger charge is -2.15. The van der Waals surface area contributed by atoms with Crippen LogP contribution in [0.4, 0.5) is 0 Å².